The Morgan fingerprint density at radius 3 is 2.32 bits per heavy atom. The second-order valence-electron chi connectivity index (χ2n) is 5.54. The predicted molar refractivity (Wildman–Crippen MR) is 88.1 cm³/mol. The number of sulfonamides is 1. The van der Waals surface area contributed by atoms with E-state index in [0.717, 1.165) is 22.0 Å². The molecule has 1 fully saturated rings. The highest BCUT2D eigenvalue weighted by Gasteiger charge is 2.30. The van der Waals surface area contributed by atoms with Gasteiger partial charge in [0, 0.05) is 31.1 Å². The molecule has 6 nitrogen and oxygen atoms in total. The number of nitrogens with zero attached hydrogens (tertiary/aromatic N) is 3. The lowest BCUT2D eigenvalue weighted by atomic mass is 10.2. The van der Waals surface area contributed by atoms with Gasteiger partial charge in [0.05, 0.1) is 17.1 Å². The van der Waals surface area contributed by atoms with Crippen molar-refractivity contribution < 1.29 is 8.42 Å². The molecule has 0 atom stereocenters. The van der Waals surface area contributed by atoms with Gasteiger partial charge in [0.2, 0.25) is 0 Å². The van der Waals surface area contributed by atoms with Crippen LogP contribution in [0.4, 0.5) is 5.69 Å². The Morgan fingerprint density at radius 1 is 1.14 bits per heavy atom. The summed E-state index contributed by atoms with van der Waals surface area (Å²) in [5.41, 5.74) is 3.09. The summed E-state index contributed by atoms with van der Waals surface area (Å²) in [6.45, 7) is 8.26. The van der Waals surface area contributed by atoms with Crippen LogP contribution in [-0.4, -0.2) is 49.1 Å². The minimum atomic E-state index is -3.35. The monoisotopic (exact) mass is 340 g/mol. The molecular formula is C14H20N4O2S2. The second-order valence-corrected chi connectivity index (χ2v) is 8.99. The van der Waals surface area contributed by atoms with Gasteiger partial charge in [0.15, 0.2) is 0 Å². The molecule has 0 aliphatic carbocycles. The first-order valence-electron chi connectivity index (χ1n) is 7.22. The zero-order chi connectivity index (χ0) is 15.9. The predicted octanol–water partition coefficient (Wildman–Crippen LogP) is 1.91. The van der Waals surface area contributed by atoms with Gasteiger partial charge in [-0.2, -0.15) is 9.40 Å². The van der Waals surface area contributed by atoms with Gasteiger partial charge in [-0.25, -0.2) is 8.42 Å². The molecule has 2 aromatic rings. The van der Waals surface area contributed by atoms with E-state index in [-0.39, 0.29) is 0 Å². The molecule has 3 rings (SSSR count). The summed E-state index contributed by atoms with van der Waals surface area (Å²) in [6, 6.07) is 3.55. The van der Waals surface area contributed by atoms with Gasteiger partial charge in [-0.1, -0.05) is 0 Å². The molecule has 2 aromatic heterocycles. The van der Waals surface area contributed by atoms with Crippen molar-refractivity contribution in [1.29, 1.82) is 0 Å². The minimum Gasteiger partial charge on any atom is -0.366 e. The lowest BCUT2D eigenvalue weighted by molar-refractivity contribution is 0.385. The lowest BCUT2D eigenvalue weighted by Crippen LogP contribution is -2.48. The topological polar surface area (TPSA) is 69.3 Å². The Labute approximate surface area is 134 Å². The Kier molecular flexibility index (Phi) is 4.00. The number of rotatable bonds is 3. The third-order valence-corrected chi connectivity index (χ3v) is 7.32. The molecule has 1 aliphatic rings. The fourth-order valence-electron chi connectivity index (χ4n) is 2.84. The lowest BCUT2D eigenvalue weighted by Gasteiger charge is -2.35. The van der Waals surface area contributed by atoms with Crippen LogP contribution < -0.4 is 4.90 Å². The molecule has 0 spiro atoms. The number of piperazine rings is 1. The molecule has 1 aliphatic heterocycles. The van der Waals surface area contributed by atoms with Crippen molar-refractivity contribution >= 4 is 27.0 Å². The number of anilines is 1. The Hall–Kier alpha value is -1.38. The first-order chi connectivity index (χ1) is 10.4. The van der Waals surface area contributed by atoms with Crippen LogP contribution in [-0.2, 0) is 10.0 Å². The number of aromatic nitrogens is 2. The zero-order valence-corrected chi connectivity index (χ0v) is 14.6. The van der Waals surface area contributed by atoms with E-state index in [1.807, 2.05) is 26.8 Å². The standard InChI is InChI=1S/C14H20N4O2S2/c1-10-4-5-13(21-10)22(19,20)18-8-6-17(7-9-18)14-11(2)15-16-12(14)3/h4-5H,6-9H2,1-3H3,(H,15,16). The number of aryl methyl sites for hydroxylation is 3. The quantitative estimate of drug-likeness (QED) is 0.927. The van der Waals surface area contributed by atoms with Gasteiger partial charge in [-0.3, -0.25) is 5.10 Å². The fourth-order valence-corrected chi connectivity index (χ4v) is 5.70. The van der Waals surface area contributed by atoms with Crippen LogP contribution in [0.15, 0.2) is 16.3 Å². The van der Waals surface area contributed by atoms with E-state index in [1.54, 1.807) is 10.4 Å². The molecule has 0 bridgehead atoms. The third-order valence-electron chi connectivity index (χ3n) is 3.95. The minimum absolute atomic E-state index is 0.439. The Balaban J connectivity index is 1.74. The molecule has 120 valence electrons. The Bertz CT molecular complexity index is 751. The van der Waals surface area contributed by atoms with E-state index >= 15 is 0 Å². The summed E-state index contributed by atoms with van der Waals surface area (Å²) in [4.78, 5) is 3.22. The van der Waals surface area contributed by atoms with Gasteiger partial charge in [0.25, 0.3) is 10.0 Å². The van der Waals surface area contributed by atoms with E-state index in [9.17, 15) is 8.42 Å². The molecule has 22 heavy (non-hydrogen) atoms. The third kappa shape index (κ3) is 2.66. The largest absolute Gasteiger partial charge is 0.366 e. The molecule has 0 saturated carbocycles. The summed E-state index contributed by atoms with van der Waals surface area (Å²) < 4.78 is 27.3. The van der Waals surface area contributed by atoms with Gasteiger partial charge in [-0.15, -0.1) is 11.3 Å². The fraction of sp³-hybridized carbons (Fsp3) is 0.500. The summed E-state index contributed by atoms with van der Waals surface area (Å²) in [5.74, 6) is 0. The average Bonchev–Trinajstić information content (AvgIpc) is 3.06. The zero-order valence-electron chi connectivity index (χ0n) is 13.0. The Morgan fingerprint density at radius 2 is 1.82 bits per heavy atom. The van der Waals surface area contributed by atoms with Crippen LogP contribution in [0.1, 0.15) is 16.3 Å². The van der Waals surface area contributed by atoms with Gasteiger partial charge < -0.3 is 4.90 Å². The maximum absolute atomic E-state index is 12.6. The van der Waals surface area contributed by atoms with E-state index in [2.05, 4.69) is 15.1 Å². The van der Waals surface area contributed by atoms with Crippen LogP contribution >= 0.6 is 11.3 Å². The highest BCUT2D eigenvalue weighted by Crippen LogP contribution is 2.27. The molecular weight excluding hydrogens is 320 g/mol. The van der Waals surface area contributed by atoms with Crippen LogP contribution in [0.3, 0.4) is 0 Å². The van der Waals surface area contributed by atoms with Crippen molar-refractivity contribution in [3.63, 3.8) is 0 Å². The molecule has 1 saturated heterocycles. The van der Waals surface area contributed by atoms with Crippen molar-refractivity contribution in [1.82, 2.24) is 14.5 Å². The maximum Gasteiger partial charge on any atom is 0.252 e. The van der Waals surface area contributed by atoms with Crippen molar-refractivity contribution in [3.05, 3.63) is 28.4 Å². The summed E-state index contributed by atoms with van der Waals surface area (Å²) in [7, 11) is -3.35. The summed E-state index contributed by atoms with van der Waals surface area (Å²) >= 11 is 1.33. The van der Waals surface area contributed by atoms with Crippen molar-refractivity contribution in [3.8, 4) is 0 Å². The van der Waals surface area contributed by atoms with Crippen molar-refractivity contribution in [2.24, 2.45) is 0 Å². The molecule has 0 amide bonds. The van der Waals surface area contributed by atoms with Gasteiger partial charge in [0.1, 0.15) is 4.21 Å². The number of thiophene rings is 1. The van der Waals surface area contributed by atoms with Crippen LogP contribution in [0.25, 0.3) is 0 Å². The van der Waals surface area contributed by atoms with Crippen molar-refractivity contribution in [2.45, 2.75) is 25.0 Å². The molecule has 1 N–H and O–H groups in total. The highest BCUT2D eigenvalue weighted by molar-refractivity contribution is 7.91. The summed E-state index contributed by atoms with van der Waals surface area (Å²) in [5, 5.41) is 7.20. The molecule has 0 aromatic carbocycles. The number of hydrogen-bond acceptors (Lipinski definition) is 5. The van der Waals surface area contributed by atoms with E-state index in [0.29, 0.717) is 30.4 Å². The number of aromatic amines is 1. The SMILES string of the molecule is Cc1ccc(S(=O)(=O)N2CCN(c3c(C)n[nH]c3C)CC2)s1. The molecule has 8 heteroatoms. The number of hydrogen-bond donors (Lipinski definition) is 1. The van der Waals surface area contributed by atoms with Crippen LogP contribution in [0.2, 0.25) is 0 Å². The smallest absolute Gasteiger partial charge is 0.252 e. The normalized spacial score (nSPS) is 17.1. The van der Waals surface area contributed by atoms with Crippen molar-refractivity contribution in [2.75, 3.05) is 31.1 Å². The maximum atomic E-state index is 12.6. The first kappa shape index (κ1) is 15.5. The average molecular weight is 340 g/mol. The molecule has 0 unspecified atom stereocenters. The second kappa shape index (κ2) is 5.68. The van der Waals surface area contributed by atoms with Crippen LogP contribution in [0, 0.1) is 20.8 Å². The summed E-state index contributed by atoms with van der Waals surface area (Å²) in [6.07, 6.45) is 0. The van der Waals surface area contributed by atoms with E-state index < -0.39 is 10.0 Å². The number of H-pyrrole nitrogens is 1. The van der Waals surface area contributed by atoms with E-state index in [1.165, 1.54) is 11.3 Å². The molecule has 0 radical (unpaired) electrons. The first-order valence-corrected chi connectivity index (χ1v) is 9.48. The number of nitrogens with one attached hydrogen (secondary N) is 1. The van der Waals surface area contributed by atoms with E-state index in [4.69, 9.17) is 0 Å². The van der Waals surface area contributed by atoms with Crippen LogP contribution in [0.5, 0.6) is 0 Å². The highest BCUT2D eigenvalue weighted by atomic mass is 32.2. The van der Waals surface area contributed by atoms with Gasteiger partial charge in [-0.05, 0) is 32.9 Å². The van der Waals surface area contributed by atoms with Gasteiger partial charge >= 0.3 is 0 Å². The molecule has 3 heterocycles.